The zero-order valence-electron chi connectivity index (χ0n) is 11.8. The van der Waals surface area contributed by atoms with Crippen LogP contribution in [0.3, 0.4) is 0 Å². The second kappa shape index (κ2) is 5.78. The molecule has 3 unspecified atom stereocenters. The molecule has 0 radical (unpaired) electrons. The predicted octanol–water partition coefficient (Wildman–Crippen LogP) is 3.63. The molecule has 3 atom stereocenters. The van der Waals surface area contributed by atoms with E-state index in [1.165, 1.54) is 6.42 Å². The van der Waals surface area contributed by atoms with Crippen LogP contribution in [0.5, 0.6) is 0 Å². The Balaban J connectivity index is 1.90. The van der Waals surface area contributed by atoms with E-state index in [0.29, 0.717) is 18.3 Å². The maximum Gasteiger partial charge on any atom is 0.371 e. The topological polar surface area (TPSA) is 59.7 Å². The van der Waals surface area contributed by atoms with E-state index in [1.54, 1.807) is 13.0 Å². The Bertz CT molecular complexity index is 449. The van der Waals surface area contributed by atoms with Gasteiger partial charge in [0.05, 0.1) is 12.7 Å². The molecule has 1 aliphatic rings. The smallest absolute Gasteiger partial charge is 0.371 e. The fourth-order valence-corrected chi connectivity index (χ4v) is 2.63. The van der Waals surface area contributed by atoms with Gasteiger partial charge in [-0.15, -0.1) is 0 Å². The molecular weight excluding hydrogens is 244 g/mol. The Morgan fingerprint density at radius 1 is 1.42 bits per heavy atom. The summed E-state index contributed by atoms with van der Waals surface area (Å²) in [4.78, 5) is 10.8. The molecule has 0 amide bonds. The van der Waals surface area contributed by atoms with Crippen LogP contribution in [-0.4, -0.2) is 17.2 Å². The number of hydrogen-bond acceptors (Lipinski definition) is 3. The number of rotatable bonds is 4. The minimum absolute atomic E-state index is 0.0123. The first-order valence-corrected chi connectivity index (χ1v) is 6.91. The highest BCUT2D eigenvalue weighted by Gasteiger charge is 2.25. The second-order valence-electron chi connectivity index (χ2n) is 5.70. The standard InChI is InChI=1S/C15H22O4/c1-9-4-5-13(6-10(9)2)18-8-12-7-14(15(16)17)19-11(12)3/h7,9-10,13H,4-6,8H2,1-3H3,(H,16,17). The van der Waals surface area contributed by atoms with E-state index in [4.69, 9.17) is 14.3 Å². The monoisotopic (exact) mass is 266 g/mol. The summed E-state index contributed by atoms with van der Waals surface area (Å²) in [5.74, 6) is 1.05. The molecule has 19 heavy (non-hydrogen) atoms. The Kier molecular flexibility index (Phi) is 4.30. The fourth-order valence-electron chi connectivity index (χ4n) is 2.63. The van der Waals surface area contributed by atoms with E-state index in [-0.39, 0.29) is 11.9 Å². The van der Waals surface area contributed by atoms with Crippen molar-refractivity contribution in [2.24, 2.45) is 11.8 Å². The van der Waals surface area contributed by atoms with Gasteiger partial charge in [-0.25, -0.2) is 4.79 Å². The van der Waals surface area contributed by atoms with E-state index in [9.17, 15) is 4.79 Å². The minimum atomic E-state index is -1.03. The van der Waals surface area contributed by atoms with E-state index in [1.807, 2.05) is 0 Å². The number of aromatic carboxylic acids is 1. The molecule has 1 saturated carbocycles. The van der Waals surface area contributed by atoms with Gasteiger partial charge in [-0.1, -0.05) is 13.8 Å². The van der Waals surface area contributed by atoms with Crippen LogP contribution < -0.4 is 0 Å². The third kappa shape index (κ3) is 3.38. The number of aryl methyl sites for hydroxylation is 1. The van der Waals surface area contributed by atoms with Crippen LogP contribution >= 0.6 is 0 Å². The Morgan fingerprint density at radius 3 is 2.74 bits per heavy atom. The summed E-state index contributed by atoms with van der Waals surface area (Å²) in [6.45, 7) is 6.77. The molecule has 1 N–H and O–H groups in total. The van der Waals surface area contributed by atoms with Crippen molar-refractivity contribution in [2.75, 3.05) is 0 Å². The van der Waals surface area contributed by atoms with Crippen LogP contribution in [-0.2, 0) is 11.3 Å². The highest BCUT2D eigenvalue weighted by molar-refractivity contribution is 5.84. The molecule has 0 aliphatic heterocycles. The van der Waals surface area contributed by atoms with Crippen molar-refractivity contribution in [1.82, 2.24) is 0 Å². The van der Waals surface area contributed by atoms with Gasteiger partial charge in [0.1, 0.15) is 5.76 Å². The number of carboxylic acids is 1. The lowest BCUT2D eigenvalue weighted by Crippen LogP contribution is -2.26. The molecule has 1 heterocycles. The largest absolute Gasteiger partial charge is 0.475 e. The lowest BCUT2D eigenvalue weighted by Gasteiger charge is -2.31. The number of furan rings is 1. The van der Waals surface area contributed by atoms with Gasteiger partial charge in [-0.05, 0) is 44.1 Å². The summed E-state index contributed by atoms with van der Waals surface area (Å²) in [5.41, 5.74) is 0.837. The van der Waals surface area contributed by atoms with Gasteiger partial charge in [-0.2, -0.15) is 0 Å². The average Bonchev–Trinajstić information content (AvgIpc) is 2.73. The number of carboxylic acid groups (broad SMARTS) is 1. The first kappa shape index (κ1) is 14.1. The molecule has 1 aromatic heterocycles. The highest BCUT2D eigenvalue weighted by atomic mass is 16.5. The molecule has 106 valence electrons. The minimum Gasteiger partial charge on any atom is -0.475 e. The summed E-state index contributed by atoms with van der Waals surface area (Å²) >= 11 is 0. The molecule has 0 bridgehead atoms. The van der Waals surface area contributed by atoms with E-state index in [2.05, 4.69) is 13.8 Å². The normalized spacial score (nSPS) is 27.4. The van der Waals surface area contributed by atoms with E-state index >= 15 is 0 Å². The van der Waals surface area contributed by atoms with Crippen molar-refractivity contribution in [3.05, 3.63) is 23.2 Å². The molecule has 4 heteroatoms. The third-order valence-electron chi connectivity index (χ3n) is 4.26. The Morgan fingerprint density at radius 2 is 2.16 bits per heavy atom. The average molecular weight is 266 g/mol. The van der Waals surface area contributed by atoms with Crippen molar-refractivity contribution in [3.8, 4) is 0 Å². The fraction of sp³-hybridized carbons (Fsp3) is 0.667. The van der Waals surface area contributed by atoms with Crippen LogP contribution in [0, 0.1) is 18.8 Å². The Hall–Kier alpha value is -1.29. The summed E-state index contributed by atoms with van der Waals surface area (Å²) in [6, 6.07) is 1.56. The SMILES string of the molecule is Cc1oc(C(=O)O)cc1COC1CCC(C)C(C)C1. The molecule has 0 saturated heterocycles. The van der Waals surface area contributed by atoms with Crippen LogP contribution in [0.25, 0.3) is 0 Å². The van der Waals surface area contributed by atoms with Crippen molar-refractivity contribution < 1.29 is 19.1 Å². The first-order valence-electron chi connectivity index (χ1n) is 6.91. The predicted molar refractivity (Wildman–Crippen MR) is 71.2 cm³/mol. The van der Waals surface area contributed by atoms with Crippen LogP contribution in [0.1, 0.15) is 55.0 Å². The maximum atomic E-state index is 10.8. The summed E-state index contributed by atoms with van der Waals surface area (Å²) in [5, 5.41) is 8.87. The van der Waals surface area contributed by atoms with Gasteiger partial charge in [-0.3, -0.25) is 0 Å². The number of hydrogen-bond donors (Lipinski definition) is 1. The van der Waals surface area contributed by atoms with Crippen molar-refractivity contribution >= 4 is 5.97 Å². The van der Waals surface area contributed by atoms with Crippen LogP contribution in [0.4, 0.5) is 0 Å². The van der Waals surface area contributed by atoms with Gasteiger partial charge in [0.15, 0.2) is 0 Å². The van der Waals surface area contributed by atoms with Crippen molar-refractivity contribution in [2.45, 2.75) is 52.7 Å². The molecule has 0 aromatic carbocycles. The van der Waals surface area contributed by atoms with Gasteiger partial charge in [0, 0.05) is 5.56 Å². The lowest BCUT2D eigenvalue weighted by atomic mass is 9.80. The molecule has 0 spiro atoms. The first-order chi connectivity index (χ1) is 8.97. The number of carbonyl (C=O) groups is 1. The molecule has 1 fully saturated rings. The summed E-state index contributed by atoms with van der Waals surface area (Å²) in [7, 11) is 0. The maximum absolute atomic E-state index is 10.8. The second-order valence-corrected chi connectivity index (χ2v) is 5.70. The van der Waals surface area contributed by atoms with Crippen molar-refractivity contribution in [1.29, 1.82) is 0 Å². The molecule has 2 rings (SSSR count). The molecule has 1 aromatic rings. The quantitative estimate of drug-likeness (QED) is 0.904. The molecule has 1 aliphatic carbocycles. The van der Waals surface area contributed by atoms with Gasteiger partial charge in [0.2, 0.25) is 5.76 Å². The van der Waals surface area contributed by atoms with Crippen molar-refractivity contribution in [3.63, 3.8) is 0 Å². The Labute approximate surface area is 113 Å². The van der Waals surface area contributed by atoms with E-state index < -0.39 is 5.97 Å². The third-order valence-corrected chi connectivity index (χ3v) is 4.26. The summed E-state index contributed by atoms with van der Waals surface area (Å²) < 4.78 is 11.1. The summed E-state index contributed by atoms with van der Waals surface area (Å²) in [6.07, 6.45) is 3.67. The van der Waals surface area contributed by atoms with Crippen LogP contribution in [0.2, 0.25) is 0 Å². The highest BCUT2D eigenvalue weighted by Crippen LogP contribution is 2.31. The van der Waals surface area contributed by atoms with Gasteiger partial charge < -0.3 is 14.3 Å². The lowest BCUT2D eigenvalue weighted by molar-refractivity contribution is -0.00784. The van der Waals surface area contributed by atoms with Crippen LogP contribution in [0.15, 0.2) is 10.5 Å². The molecular formula is C15H22O4. The van der Waals surface area contributed by atoms with E-state index in [0.717, 1.165) is 24.3 Å². The zero-order valence-corrected chi connectivity index (χ0v) is 11.8. The number of ether oxygens (including phenoxy) is 1. The molecule has 4 nitrogen and oxygen atoms in total. The van der Waals surface area contributed by atoms with Gasteiger partial charge >= 0.3 is 5.97 Å². The van der Waals surface area contributed by atoms with Gasteiger partial charge in [0.25, 0.3) is 0 Å². The zero-order chi connectivity index (χ0) is 14.0.